The molecule has 0 radical (unpaired) electrons. The maximum absolute atomic E-state index is 13.1. The number of likely N-dealkylation sites (tertiary alicyclic amines) is 1. The minimum absolute atomic E-state index is 0.0621. The summed E-state index contributed by atoms with van der Waals surface area (Å²) in [5.74, 6) is -0.0621. The molecule has 0 aliphatic carbocycles. The van der Waals surface area contributed by atoms with Crippen molar-refractivity contribution in [2.24, 2.45) is 0 Å². The lowest BCUT2D eigenvalue weighted by molar-refractivity contribution is 0.0729. The molecule has 1 aromatic rings. The number of hydrogen-bond acceptors (Lipinski definition) is 4. The highest BCUT2D eigenvalue weighted by molar-refractivity contribution is 7.89. The Labute approximate surface area is 156 Å². The predicted octanol–water partition coefficient (Wildman–Crippen LogP) is 2.29. The van der Waals surface area contributed by atoms with Crippen molar-refractivity contribution in [3.63, 3.8) is 0 Å². The SMILES string of the molecule is CCc1ccc(C(=O)N2CCCCCC2)cc1S(=O)(=O)N1CCOCC1. The minimum Gasteiger partial charge on any atom is -0.379 e. The summed E-state index contributed by atoms with van der Waals surface area (Å²) in [4.78, 5) is 15.0. The lowest BCUT2D eigenvalue weighted by atomic mass is 10.1. The number of nitrogens with zero attached hydrogens (tertiary/aromatic N) is 2. The van der Waals surface area contributed by atoms with Gasteiger partial charge in [-0.05, 0) is 37.0 Å². The van der Waals surface area contributed by atoms with Crippen LogP contribution in [-0.4, -0.2) is 62.9 Å². The number of hydrogen-bond donors (Lipinski definition) is 0. The summed E-state index contributed by atoms with van der Waals surface area (Å²) < 4.78 is 33.0. The second-order valence-corrected chi connectivity index (χ2v) is 8.81. The lowest BCUT2D eigenvalue weighted by Gasteiger charge is -2.27. The molecule has 2 heterocycles. The minimum atomic E-state index is -3.62. The standard InChI is InChI=1S/C19H28N2O4S/c1-2-16-7-8-17(19(22)20-9-5-3-4-6-10-20)15-18(16)26(23,24)21-11-13-25-14-12-21/h7-8,15H,2-6,9-14H2,1H3. The molecule has 7 heteroatoms. The van der Waals surface area contributed by atoms with E-state index < -0.39 is 10.0 Å². The molecule has 0 spiro atoms. The van der Waals surface area contributed by atoms with Gasteiger partial charge in [-0.25, -0.2) is 8.42 Å². The Kier molecular flexibility index (Phi) is 6.32. The summed E-state index contributed by atoms with van der Waals surface area (Å²) in [6.45, 7) is 4.97. The van der Waals surface area contributed by atoms with E-state index in [0.29, 0.717) is 38.3 Å². The highest BCUT2D eigenvalue weighted by atomic mass is 32.2. The molecule has 6 nitrogen and oxygen atoms in total. The molecule has 0 aromatic heterocycles. The van der Waals surface area contributed by atoms with Crippen LogP contribution in [0.15, 0.2) is 23.1 Å². The van der Waals surface area contributed by atoms with Crippen molar-refractivity contribution in [3.05, 3.63) is 29.3 Å². The van der Waals surface area contributed by atoms with Crippen LogP contribution in [0.1, 0.15) is 48.5 Å². The fraction of sp³-hybridized carbons (Fsp3) is 0.632. The van der Waals surface area contributed by atoms with Gasteiger partial charge >= 0.3 is 0 Å². The Bertz CT molecular complexity index is 734. The van der Waals surface area contributed by atoms with Crippen LogP contribution in [0.4, 0.5) is 0 Å². The molecule has 0 N–H and O–H groups in total. The molecule has 26 heavy (non-hydrogen) atoms. The van der Waals surface area contributed by atoms with E-state index >= 15 is 0 Å². The number of benzene rings is 1. The molecule has 1 aromatic carbocycles. The third kappa shape index (κ3) is 4.10. The van der Waals surface area contributed by atoms with Gasteiger partial charge in [0.1, 0.15) is 0 Å². The first-order chi connectivity index (χ1) is 12.5. The Hall–Kier alpha value is -1.44. The van der Waals surface area contributed by atoms with E-state index in [0.717, 1.165) is 44.3 Å². The van der Waals surface area contributed by atoms with Crippen molar-refractivity contribution >= 4 is 15.9 Å². The molecule has 3 rings (SSSR count). The molecule has 2 fully saturated rings. The summed E-state index contributed by atoms with van der Waals surface area (Å²) in [6, 6.07) is 5.14. The fourth-order valence-corrected chi connectivity index (χ4v) is 5.33. The first-order valence-corrected chi connectivity index (χ1v) is 11.0. The number of rotatable bonds is 4. The highest BCUT2D eigenvalue weighted by Gasteiger charge is 2.29. The Morgan fingerprint density at radius 2 is 1.69 bits per heavy atom. The maximum atomic E-state index is 13.1. The van der Waals surface area contributed by atoms with Gasteiger partial charge in [-0.2, -0.15) is 4.31 Å². The van der Waals surface area contributed by atoms with Gasteiger partial charge in [-0.3, -0.25) is 4.79 Å². The summed E-state index contributed by atoms with van der Waals surface area (Å²) >= 11 is 0. The van der Waals surface area contributed by atoms with Crippen molar-refractivity contribution in [2.75, 3.05) is 39.4 Å². The van der Waals surface area contributed by atoms with Crippen LogP contribution in [0, 0.1) is 0 Å². The van der Waals surface area contributed by atoms with E-state index in [1.165, 1.54) is 4.31 Å². The Balaban J connectivity index is 1.92. The van der Waals surface area contributed by atoms with Gasteiger partial charge in [-0.1, -0.05) is 25.8 Å². The third-order valence-corrected chi connectivity index (χ3v) is 7.16. The first-order valence-electron chi connectivity index (χ1n) is 9.54. The van der Waals surface area contributed by atoms with E-state index in [9.17, 15) is 13.2 Å². The van der Waals surface area contributed by atoms with Gasteiger partial charge in [0, 0.05) is 31.7 Å². The van der Waals surface area contributed by atoms with Gasteiger partial charge in [0.15, 0.2) is 0 Å². The summed E-state index contributed by atoms with van der Waals surface area (Å²) in [6.07, 6.45) is 4.93. The molecule has 1 amide bonds. The van der Waals surface area contributed by atoms with Crippen LogP contribution in [0.3, 0.4) is 0 Å². The molecule has 2 aliphatic rings. The third-order valence-electron chi connectivity index (χ3n) is 5.18. The second kappa shape index (κ2) is 8.50. The second-order valence-electron chi connectivity index (χ2n) is 6.90. The maximum Gasteiger partial charge on any atom is 0.253 e. The van der Waals surface area contributed by atoms with Gasteiger partial charge in [0.2, 0.25) is 10.0 Å². The normalized spacial score (nSPS) is 20.0. The molecule has 2 saturated heterocycles. The van der Waals surface area contributed by atoms with Crippen LogP contribution in [0.2, 0.25) is 0 Å². The number of carbonyl (C=O) groups is 1. The average molecular weight is 381 g/mol. The van der Waals surface area contributed by atoms with E-state index in [4.69, 9.17) is 4.74 Å². The highest BCUT2D eigenvalue weighted by Crippen LogP contribution is 2.24. The van der Waals surface area contributed by atoms with Crippen molar-refractivity contribution < 1.29 is 17.9 Å². The number of carbonyl (C=O) groups excluding carboxylic acids is 1. The number of sulfonamides is 1. The van der Waals surface area contributed by atoms with Gasteiger partial charge in [0.25, 0.3) is 5.91 Å². The molecular formula is C19H28N2O4S. The van der Waals surface area contributed by atoms with Crippen LogP contribution < -0.4 is 0 Å². The molecule has 2 aliphatic heterocycles. The number of ether oxygens (including phenoxy) is 1. The zero-order chi connectivity index (χ0) is 18.6. The predicted molar refractivity (Wildman–Crippen MR) is 99.8 cm³/mol. The summed E-state index contributed by atoms with van der Waals surface area (Å²) in [5, 5.41) is 0. The van der Waals surface area contributed by atoms with Crippen molar-refractivity contribution in [1.29, 1.82) is 0 Å². The van der Waals surface area contributed by atoms with Crippen molar-refractivity contribution in [1.82, 2.24) is 9.21 Å². The topological polar surface area (TPSA) is 66.9 Å². The van der Waals surface area contributed by atoms with Gasteiger partial charge in [0.05, 0.1) is 18.1 Å². The van der Waals surface area contributed by atoms with Crippen molar-refractivity contribution in [2.45, 2.75) is 43.9 Å². The molecular weight excluding hydrogens is 352 g/mol. The summed E-state index contributed by atoms with van der Waals surface area (Å²) in [7, 11) is -3.62. The molecule has 0 unspecified atom stereocenters. The van der Waals surface area contributed by atoms with Crippen LogP contribution in [-0.2, 0) is 21.2 Å². The molecule has 144 valence electrons. The molecule has 0 bridgehead atoms. The van der Waals surface area contributed by atoms with E-state index in [1.54, 1.807) is 18.2 Å². The van der Waals surface area contributed by atoms with Crippen LogP contribution in [0.25, 0.3) is 0 Å². The van der Waals surface area contributed by atoms with Gasteiger partial charge < -0.3 is 9.64 Å². The molecule has 0 atom stereocenters. The zero-order valence-corrected chi connectivity index (χ0v) is 16.3. The Morgan fingerprint density at radius 3 is 2.31 bits per heavy atom. The number of morpholine rings is 1. The van der Waals surface area contributed by atoms with E-state index in [2.05, 4.69) is 0 Å². The molecule has 0 saturated carbocycles. The van der Waals surface area contributed by atoms with Crippen molar-refractivity contribution in [3.8, 4) is 0 Å². The number of amides is 1. The smallest absolute Gasteiger partial charge is 0.253 e. The monoisotopic (exact) mass is 380 g/mol. The largest absolute Gasteiger partial charge is 0.379 e. The van der Waals surface area contributed by atoms with E-state index in [-0.39, 0.29) is 10.8 Å². The quantitative estimate of drug-likeness (QED) is 0.804. The first kappa shape index (κ1) is 19.3. The summed E-state index contributed by atoms with van der Waals surface area (Å²) in [5.41, 5.74) is 1.22. The Morgan fingerprint density at radius 1 is 1.04 bits per heavy atom. The average Bonchev–Trinajstić information content (AvgIpc) is 2.97. The van der Waals surface area contributed by atoms with Gasteiger partial charge in [-0.15, -0.1) is 0 Å². The van der Waals surface area contributed by atoms with E-state index in [1.807, 2.05) is 11.8 Å². The van der Waals surface area contributed by atoms with Crippen LogP contribution >= 0.6 is 0 Å². The van der Waals surface area contributed by atoms with Crippen LogP contribution in [0.5, 0.6) is 0 Å². The fourth-order valence-electron chi connectivity index (χ4n) is 3.60. The number of aryl methyl sites for hydroxylation is 1. The lowest BCUT2D eigenvalue weighted by Crippen LogP contribution is -2.41. The zero-order valence-electron chi connectivity index (χ0n) is 15.4.